The Labute approximate surface area is 210 Å². The van der Waals surface area contributed by atoms with Gasteiger partial charge in [0.2, 0.25) is 0 Å². The van der Waals surface area contributed by atoms with Crippen molar-refractivity contribution in [1.82, 2.24) is 0 Å². The third-order valence-corrected chi connectivity index (χ3v) is 9.93. The van der Waals surface area contributed by atoms with Crippen molar-refractivity contribution in [2.75, 3.05) is 6.61 Å². The van der Waals surface area contributed by atoms with Crippen LogP contribution in [-0.4, -0.2) is 46.4 Å². The third kappa shape index (κ3) is 4.36. The lowest BCUT2D eigenvalue weighted by atomic mass is 9.52. The molecule has 36 heavy (non-hydrogen) atoms. The first-order valence-electron chi connectivity index (χ1n) is 12.7. The number of esters is 2. The van der Waals surface area contributed by atoms with Gasteiger partial charge in [0.15, 0.2) is 0 Å². The molecule has 8 saturated carbocycles. The summed E-state index contributed by atoms with van der Waals surface area (Å²) < 4.78 is 49.3. The van der Waals surface area contributed by atoms with Gasteiger partial charge in [-0.05, 0) is 82.0 Å². The third-order valence-electron chi connectivity index (χ3n) is 9.43. The second-order valence-electron chi connectivity index (χ2n) is 12.1. The van der Waals surface area contributed by atoms with E-state index in [2.05, 4.69) is 9.37 Å². The van der Waals surface area contributed by atoms with Gasteiger partial charge in [0.1, 0.15) is 35.6 Å². The summed E-state index contributed by atoms with van der Waals surface area (Å²) in [6, 6.07) is 0. The van der Waals surface area contributed by atoms with Crippen molar-refractivity contribution in [1.29, 1.82) is 0 Å². The predicted molar refractivity (Wildman–Crippen MR) is 114 cm³/mol. The topological polar surface area (TPSA) is 120 Å². The van der Waals surface area contributed by atoms with E-state index in [1.165, 1.54) is 0 Å². The second kappa shape index (κ2) is 8.59. The number of alkyl halides is 2. The summed E-state index contributed by atoms with van der Waals surface area (Å²) in [5.74, 6) is -1.28. The van der Waals surface area contributed by atoms with Gasteiger partial charge in [-0.2, -0.15) is 13.1 Å². The zero-order chi connectivity index (χ0) is 25.3. The standard InChI is InChI=1S/C24H30F2O9S/c25-24(26,36-35-34-30)20(29)33-23-7-14-1-15(8-23)6-22(5-14,12-23)31-11-18(27)32-21-4-13-2-16(9-21)19(28)17(3-13)10-21/h13-17,30H,1-12H2/p-1. The molecule has 0 heterocycles. The molecule has 12 heteroatoms. The van der Waals surface area contributed by atoms with Gasteiger partial charge in [-0.25, -0.2) is 9.59 Å². The monoisotopic (exact) mass is 531 g/mol. The van der Waals surface area contributed by atoms with Gasteiger partial charge in [0.25, 0.3) is 0 Å². The van der Waals surface area contributed by atoms with Gasteiger partial charge >= 0.3 is 17.2 Å². The maximum absolute atomic E-state index is 14.0. The van der Waals surface area contributed by atoms with Crippen molar-refractivity contribution < 1.29 is 52.0 Å². The van der Waals surface area contributed by atoms with E-state index in [-0.39, 0.29) is 36.7 Å². The Bertz CT molecular complexity index is 926. The van der Waals surface area contributed by atoms with E-state index in [0.29, 0.717) is 50.2 Å². The van der Waals surface area contributed by atoms with Crippen LogP contribution in [0.5, 0.6) is 0 Å². The Morgan fingerprint density at radius 3 is 2.14 bits per heavy atom. The highest BCUT2D eigenvalue weighted by molar-refractivity contribution is 7.96. The van der Waals surface area contributed by atoms with Crippen molar-refractivity contribution in [3.05, 3.63) is 0 Å². The minimum Gasteiger partial charge on any atom is -0.691 e. The molecule has 4 unspecified atom stereocenters. The first-order chi connectivity index (χ1) is 17.0. The highest BCUT2D eigenvalue weighted by atomic mass is 32.2. The van der Waals surface area contributed by atoms with E-state index in [0.717, 1.165) is 25.7 Å². The first-order valence-corrected chi connectivity index (χ1v) is 13.4. The summed E-state index contributed by atoms with van der Waals surface area (Å²) in [6.07, 6.45) is 7.11. The number of hydrogen-bond acceptors (Lipinski definition) is 10. The lowest BCUT2D eigenvalue weighted by molar-refractivity contribution is -0.777. The number of Topliss-reactive ketones (excluding diaryl/α,β-unsaturated/α-hetero) is 1. The summed E-state index contributed by atoms with van der Waals surface area (Å²) >= 11 is -0.701. The summed E-state index contributed by atoms with van der Waals surface area (Å²) in [7, 11) is 0. The van der Waals surface area contributed by atoms with Gasteiger partial charge in [-0.15, -0.1) is 0 Å². The molecule has 0 N–H and O–H groups in total. The van der Waals surface area contributed by atoms with Crippen LogP contribution in [0.3, 0.4) is 0 Å². The summed E-state index contributed by atoms with van der Waals surface area (Å²) in [4.78, 5) is 37.6. The normalized spacial score (nSPS) is 44.2. The molecular formula is C24H29F2O9S-. The number of carbonyl (C=O) groups excluding carboxylic acids is 3. The van der Waals surface area contributed by atoms with Crippen molar-refractivity contribution in [2.45, 2.75) is 92.7 Å². The lowest BCUT2D eigenvalue weighted by Crippen LogP contribution is -2.62. The molecule has 8 bridgehead atoms. The average molecular weight is 532 g/mol. The fourth-order valence-corrected chi connectivity index (χ4v) is 9.24. The fraction of sp³-hybridized carbons (Fsp3) is 0.875. The Morgan fingerprint density at radius 1 is 0.889 bits per heavy atom. The highest BCUT2D eigenvalue weighted by Crippen LogP contribution is 2.61. The fourth-order valence-electron chi connectivity index (χ4n) is 9.01. The van der Waals surface area contributed by atoms with E-state index in [1.54, 1.807) is 0 Å². The molecule has 200 valence electrons. The molecule has 8 aliphatic carbocycles. The Balaban J connectivity index is 1.10. The molecule has 0 aromatic rings. The minimum atomic E-state index is -4.11. The maximum Gasteiger partial charge on any atom is 0.415 e. The number of hydrogen-bond donors (Lipinski definition) is 0. The Morgan fingerprint density at radius 2 is 1.50 bits per heavy atom. The van der Waals surface area contributed by atoms with E-state index in [9.17, 15) is 28.4 Å². The van der Waals surface area contributed by atoms with Gasteiger partial charge in [0.05, 0.1) is 5.60 Å². The number of ketones is 1. The molecule has 4 atom stereocenters. The smallest absolute Gasteiger partial charge is 0.415 e. The first kappa shape index (κ1) is 25.0. The molecule has 0 saturated heterocycles. The molecule has 8 aliphatic rings. The van der Waals surface area contributed by atoms with E-state index in [1.807, 2.05) is 0 Å². The van der Waals surface area contributed by atoms with Crippen LogP contribution in [0.1, 0.15) is 70.6 Å². The Hall–Kier alpha value is -1.34. The van der Waals surface area contributed by atoms with Gasteiger partial charge in [-0.1, -0.05) is 0 Å². The molecule has 0 aromatic carbocycles. The summed E-state index contributed by atoms with van der Waals surface area (Å²) in [5.41, 5.74) is -2.45. The van der Waals surface area contributed by atoms with Crippen molar-refractivity contribution in [3.63, 3.8) is 0 Å². The average Bonchev–Trinajstić information content (AvgIpc) is 2.78. The quantitative estimate of drug-likeness (QED) is 0.190. The van der Waals surface area contributed by atoms with Gasteiger partial charge in [-0.3, -0.25) is 9.83 Å². The van der Waals surface area contributed by atoms with Crippen LogP contribution in [0.2, 0.25) is 0 Å². The predicted octanol–water partition coefficient (Wildman–Crippen LogP) is 2.79. The van der Waals surface area contributed by atoms with Crippen LogP contribution in [-0.2, 0) is 38.0 Å². The summed E-state index contributed by atoms with van der Waals surface area (Å²) in [5, 5.41) is 8.72. The lowest BCUT2D eigenvalue weighted by Gasteiger charge is -2.60. The SMILES string of the molecule is O=C(COC12CC3CC(C1)CC(OC(=O)C(F)(F)SOO[O-])(C3)C2)OC12CC3CC(C1)C(=O)C(C3)C2. The molecule has 0 spiro atoms. The maximum atomic E-state index is 14.0. The molecule has 0 radical (unpaired) electrons. The molecule has 9 nitrogen and oxygen atoms in total. The second-order valence-corrected chi connectivity index (χ2v) is 13.0. The highest BCUT2D eigenvalue weighted by Gasteiger charge is 2.62. The number of carbonyl (C=O) groups is 3. The molecule has 0 aromatic heterocycles. The van der Waals surface area contributed by atoms with E-state index < -0.39 is 46.0 Å². The zero-order valence-corrected chi connectivity index (χ0v) is 20.5. The number of rotatable bonds is 9. The van der Waals surface area contributed by atoms with Crippen LogP contribution in [0.4, 0.5) is 8.78 Å². The van der Waals surface area contributed by atoms with Crippen LogP contribution < -0.4 is 5.26 Å². The van der Waals surface area contributed by atoms with E-state index >= 15 is 0 Å². The minimum absolute atomic E-state index is 0.00967. The molecule has 0 amide bonds. The van der Waals surface area contributed by atoms with Crippen LogP contribution >= 0.6 is 12.0 Å². The zero-order valence-electron chi connectivity index (χ0n) is 19.7. The van der Waals surface area contributed by atoms with Crippen LogP contribution in [0, 0.1) is 29.6 Å². The van der Waals surface area contributed by atoms with E-state index in [4.69, 9.17) is 14.2 Å². The largest absolute Gasteiger partial charge is 0.691 e. The molecule has 8 fully saturated rings. The Kier molecular flexibility index (Phi) is 5.96. The van der Waals surface area contributed by atoms with Crippen molar-refractivity contribution in [3.8, 4) is 0 Å². The number of halogens is 2. The van der Waals surface area contributed by atoms with Crippen LogP contribution in [0.25, 0.3) is 0 Å². The number of ether oxygens (including phenoxy) is 3. The van der Waals surface area contributed by atoms with Gasteiger partial charge in [0, 0.05) is 18.3 Å². The summed E-state index contributed by atoms with van der Waals surface area (Å²) in [6.45, 7) is -0.264. The van der Waals surface area contributed by atoms with Crippen molar-refractivity contribution >= 4 is 29.8 Å². The van der Waals surface area contributed by atoms with Gasteiger partial charge < -0.3 is 19.5 Å². The molecular weight excluding hydrogens is 502 g/mol. The molecule has 0 aliphatic heterocycles. The molecule has 8 rings (SSSR count). The van der Waals surface area contributed by atoms with Crippen LogP contribution in [0.15, 0.2) is 0 Å². The van der Waals surface area contributed by atoms with Crippen molar-refractivity contribution in [2.24, 2.45) is 29.6 Å².